The highest BCUT2D eigenvalue weighted by molar-refractivity contribution is 8.01. The lowest BCUT2D eigenvalue weighted by molar-refractivity contribution is -0.131. The van der Waals surface area contributed by atoms with Crippen molar-refractivity contribution >= 4 is 87.8 Å². The molecule has 0 radical (unpaired) electrons. The Morgan fingerprint density at radius 2 is 1.31 bits per heavy atom. The van der Waals surface area contributed by atoms with E-state index >= 15 is 0 Å². The fourth-order valence-electron chi connectivity index (χ4n) is 10.3. The number of ketones is 3. The normalized spacial score (nSPS) is 20.0. The number of rotatable bonds is 25. The molecule has 4 heterocycles. The molecule has 2 unspecified atom stereocenters. The summed E-state index contributed by atoms with van der Waals surface area (Å²) < 4.78 is 28.9. The third-order valence-corrected chi connectivity index (χ3v) is 15.8. The van der Waals surface area contributed by atoms with Gasteiger partial charge in [0.2, 0.25) is 11.8 Å². The standard InChI is InChI=1S/C59H70N6O12S/c1-33(2)55(63-54(68)14-11-9-10-13-42-47(66)28-53(56(42)69)78-34(3)4)48(67)21-35(5)57(70)62-38-17-15-36(16-18-38)37-22-39-29-60-45-26-51(49(74-7)24-43(45)58(71)64(39)31-37)76-19-12-20-77-52-27-46-44(25-50(52)75-8)59(72)65-32-41(73-6)23-40(65)30-61-46/h15-18,24-27,29-35,39-40,42,53,55H,9-14,19-23,28H2,1-8H3,(H,62,70)(H,63,68)/t35-,39+,40+,42?,53?,55+/m1/s1. The molecule has 8 rings (SSSR count). The molecular weight excluding hydrogens is 1020 g/mol. The molecule has 1 saturated carbocycles. The molecular formula is C59H70N6O12S. The number of hydrogen-bond acceptors (Lipinski definition) is 15. The maximum absolute atomic E-state index is 14.1. The van der Waals surface area contributed by atoms with Crippen LogP contribution in [-0.4, -0.2) is 126 Å². The van der Waals surface area contributed by atoms with Crippen LogP contribution in [0.1, 0.15) is 125 Å². The Hall–Kier alpha value is -7.28. The number of nitrogens with zero attached hydrogens (tertiary/aromatic N) is 4. The Bertz CT molecular complexity index is 2930. The molecule has 2 N–H and O–H groups in total. The minimum Gasteiger partial charge on any atom is -0.499 e. The van der Waals surface area contributed by atoms with Crippen LogP contribution in [0.25, 0.3) is 5.57 Å². The molecule has 4 aliphatic heterocycles. The monoisotopic (exact) mass is 1090 g/mol. The third kappa shape index (κ3) is 13.2. The molecule has 6 atom stereocenters. The van der Waals surface area contributed by atoms with Crippen LogP contribution in [0.2, 0.25) is 0 Å². The first-order chi connectivity index (χ1) is 37.5. The molecule has 3 aromatic rings. The minimum absolute atomic E-state index is 0.0192. The van der Waals surface area contributed by atoms with E-state index in [0.29, 0.717) is 108 Å². The number of amides is 4. The second-order valence-electron chi connectivity index (χ2n) is 20.9. The Kier molecular flexibility index (Phi) is 18.6. The number of nitrogens with one attached hydrogen (secondary N) is 2. The smallest absolute Gasteiger partial charge is 0.260 e. The fraction of sp³-hybridized carbons (Fsp3) is 0.475. The summed E-state index contributed by atoms with van der Waals surface area (Å²) in [5.74, 6) is -0.278. The van der Waals surface area contributed by atoms with Gasteiger partial charge in [-0.1, -0.05) is 59.6 Å². The number of benzene rings is 3. The molecule has 18 nitrogen and oxygen atoms in total. The number of carbonyl (C=O) groups is 7. The van der Waals surface area contributed by atoms with Crippen molar-refractivity contribution in [2.24, 2.45) is 27.7 Å². The number of ether oxygens (including phenoxy) is 5. The van der Waals surface area contributed by atoms with Crippen molar-refractivity contribution in [1.29, 1.82) is 0 Å². The summed E-state index contributed by atoms with van der Waals surface area (Å²) in [6, 6.07) is 12.6. The van der Waals surface area contributed by atoms with Crippen LogP contribution in [0.4, 0.5) is 17.1 Å². The molecule has 0 bridgehead atoms. The minimum atomic E-state index is -0.749. The summed E-state index contributed by atoms with van der Waals surface area (Å²) >= 11 is 1.55. The molecule has 78 heavy (non-hydrogen) atoms. The Balaban J connectivity index is 0.787. The van der Waals surface area contributed by atoms with Crippen molar-refractivity contribution < 1.29 is 57.2 Å². The highest BCUT2D eigenvalue weighted by Crippen LogP contribution is 2.42. The molecule has 19 heteroatoms. The van der Waals surface area contributed by atoms with E-state index in [1.54, 1.807) is 90.6 Å². The largest absolute Gasteiger partial charge is 0.499 e. The maximum atomic E-state index is 14.1. The first-order valence-electron chi connectivity index (χ1n) is 26.8. The molecule has 4 amide bonds. The number of carbonyl (C=O) groups excluding carboxylic acids is 7. The zero-order chi connectivity index (χ0) is 55.8. The zero-order valence-electron chi connectivity index (χ0n) is 45.6. The summed E-state index contributed by atoms with van der Waals surface area (Å²) in [7, 11) is 4.60. The Morgan fingerprint density at radius 3 is 1.88 bits per heavy atom. The van der Waals surface area contributed by atoms with E-state index in [1.165, 1.54) is 14.2 Å². The van der Waals surface area contributed by atoms with Crippen molar-refractivity contribution in [2.75, 3.05) is 39.9 Å². The second kappa shape index (κ2) is 25.5. The molecule has 3 aromatic carbocycles. The number of aliphatic imine (C=N–C) groups is 2. The predicted octanol–water partition coefficient (Wildman–Crippen LogP) is 9.23. The van der Waals surface area contributed by atoms with E-state index in [4.69, 9.17) is 28.7 Å². The van der Waals surface area contributed by atoms with Gasteiger partial charge in [0, 0.05) is 87.1 Å². The van der Waals surface area contributed by atoms with Gasteiger partial charge in [-0.05, 0) is 59.4 Å². The third-order valence-electron chi connectivity index (χ3n) is 14.5. The average Bonchev–Trinajstić information content (AvgIpc) is 4.11. The molecule has 414 valence electrons. The van der Waals surface area contributed by atoms with Gasteiger partial charge in [0.25, 0.3) is 11.8 Å². The molecule has 5 aliphatic rings. The van der Waals surface area contributed by atoms with Crippen LogP contribution < -0.4 is 29.6 Å². The highest BCUT2D eigenvalue weighted by atomic mass is 32.2. The number of anilines is 1. The lowest BCUT2D eigenvalue weighted by atomic mass is 9.92. The summed E-state index contributed by atoms with van der Waals surface area (Å²) in [5.41, 5.74) is 4.00. The Labute approximate surface area is 459 Å². The van der Waals surface area contributed by atoms with E-state index in [-0.39, 0.29) is 95.5 Å². The van der Waals surface area contributed by atoms with Crippen molar-refractivity contribution in [3.8, 4) is 23.0 Å². The Morgan fingerprint density at radius 1 is 0.705 bits per heavy atom. The SMILES string of the molecule is COC1=CN2C(=O)c3cc(OC)c(OCCCOc4cc5c(cc4OC)C(=O)N4C=C(c6ccc(NC(=O)[C@H](C)CC(=O)[C@@H](NC(=O)CCCCCC7C(=O)CC(SC(C)C)C7=O)C(C)C)cc6)C[C@H]4C=N5)cc3N=C[C@@H]2C1. The lowest BCUT2D eigenvalue weighted by Gasteiger charge is -2.23. The number of Topliss-reactive ketones (excluding diaryl/α,β-unsaturated/α-hetero) is 3. The van der Waals surface area contributed by atoms with Gasteiger partial charge in [0.1, 0.15) is 11.5 Å². The van der Waals surface area contributed by atoms with Gasteiger partial charge in [-0.2, -0.15) is 0 Å². The first-order valence-corrected chi connectivity index (χ1v) is 27.7. The predicted molar refractivity (Wildman–Crippen MR) is 298 cm³/mol. The van der Waals surface area contributed by atoms with Gasteiger partial charge in [-0.3, -0.25) is 43.5 Å². The number of thioether (sulfide) groups is 1. The van der Waals surface area contributed by atoms with Gasteiger partial charge < -0.3 is 44.1 Å². The van der Waals surface area contributed by atoms with Crippen LogP contribution in [-0.2, 0) is 28.7 Å². The quantitative estimate of drug-likeness (QED) is 0.0598. The number of fused-ring (bicyclic) bond motifs is 4. The molecule has 0 saturated heterocycles. The topological polar surface area (TPSA) is 221 Å². The molecule has 0 aromatic heterocycles. The van der Waals surface area contributed by atoms with Gasteiger partial charge in [0.15, 0.2) is 34.6 Å². The van der Waals surface area contributed by atoms with E-state index < -0.39 is 17.9 Å². The number of unbranched alkanes of at least 4 members (excludes halogenated alkanes) is 2. The van der Waals surface area contributed by atoms with Crippen LogP contribution in [0.3, 0.4) is 0 Å². The van der Waals surface area contributed by atoms with Gasteiger partial charge in [-0.15, -0.1) is 11.8 Å². The summed E-state index contributed by atoms with van der Waals surface area (Å²) in [5, 5.41) is 5.82. The second-order valence-corrected chi connectivity index (χ2v) is 22.7. The molecule has 0 spiro atoms. The highest BCUT2D eigenvalue weighted by Gasteiger charge is 2.41. The molecule has 1 aliphatic carbocycles. The van der Waals surface area contributed by atoms with Gasteiger partial charge in [-0.25, -0.2) is 0 Å². The van der Waals surface area contributed by atoms with E-state index in [2.05, 4.69) is 15.6 Å². The van der Waals surface area contributed by atoms with Crippen LogP contribution in [0, 0.1) is 17.8 Å². The van der Waals surface area contributed by atoms with Crippen molar-refractivity contribution in [2.45, 2.75) is 127 Å². The number of methoxy groups -OCH3 is 3. The average molecular weight is 1090 g/mol. The van der Waals surface area contributed by atoms with Crippen molar-refractivity contribution in [3.63, 3.8) is 0 Å². The zero-order valence-corrected chi connectivity index (χ0v) is 46.4. The number of hydrogen-bond donors (Lipinski definition) is 2. The van der Waals surface area contributed by atoms with Crippen LogP contribution >= 0.6 is 11.8 Å². The lowest BCUT2D eigenvalue weighted by Crippen LogP contribution is -2.45. The van der Waals surface area contributed by atoms with Crippen LogP contribution in [0.15, 0.2) is 76.7 Å². The van der Waals surface area contributed by atoms with Crippen molar-refractivity contribution in [1.82, 2.24) is 15.1 Å². The van der Waals surface area contributed by atoms with E-state index in [1.807, 2.05) is 46.0 Å². The maximum Gasteiger partial charge on any atom is 0.260 e. The van der Waals surface area contributed by atoms with Gasteiger partial charge in [0.05, 0.1) is 86.3 Å². The fourth-order valence-corrected chi connectivity index (χ4v) is 11.5. The van der Waals surface area contributed by atoms with Crippen LogP contribution in [0.5, 0.6) is 23.0 Å². The first kappa shape index (κ1) is 56.9. The molecule has 1 fully saturated rings. The van der Waals surface area contributed by atoms with E-state index in [9.17, 15) is 33.6 Å². The van der Waals surface area contributed by atoms with Crippen molar-refractivity contribution in [3.05, 3.63) is 83.4 Å². The van der Waals surface area contributed by atoms with E-state index in [0.717, 1.165) is 11.1 Å². The summed E-state index contributed by atoms with van der Waals surface area (Å²) in [6.07, 6.45) is 11.4. The summed E-state index contributed by atoms with van der Waals surface area (Å²) in [4.78, 5) is 105. The summed E-state index contributed by atoms with van der Waals surface area (Å²) in [6.45, 7) is 9.95. The van der Waals surface area contributed by atoms with Gasteiger partial charge >= 0.3 is 0 Å².